The highest BCUT2D eigenvalue weighted by atomic mass is 16.5. The summed E-state index contributed by atoms with van der Waals surface area (Å²) >= 11 is 0. The number of aromatic amines is 1. The van der Waals surface area contributed by atoms with Crippen molar-refractivity contribution in [3.05, 3.63) is 90.3 Å². The van der Waals surface area contributed by atoms with Crippen LogP contribution in [-0.2, 0) is 0 Å². The number of anilines is 1. The quantitative estimate of drug-likeness (QED) is 0.413. The summed E-state index contributed by atoms with van der Waals surface area (Å²) in [4.78, 5) is 25.6. The van der Waals surface area contributed by atoms with Crippen LogP contribution in [-0.4, -0.2) is 65.2 Å². The largest absolute Gasteiger partial charge is 0.496 e. The standard InChI is InChI=1S/C27H28N4O3/c1-34-23-11-5-3-9-20(23)25(31-16-14-30(15-17-31)24-12-6-7-13-28-24)27(33)26(32)21-18-29-22-10-4-2-8-19(21)22/h2-13,18,25,27,29,33H,14-17H2,1H3/t25-,27+/m1/s1. The molecular weight excluding hydrogens is 428 g/mol. The van der Waals surface area contributed by atoms with Gasteiger partial charge < -0.3 is 19.7 Å². The lowest BCUT2D eigenvalue weighted by Gasteiger charge is -2.41. The van der Waals surface area contributed by atoms with Crippen molar-refractivity contribution < 1.29 is 14.6 Å². The number of carbonyl (C=O) groups is 1. The molecule has 4 aromatic rings. The number of H-pyrrole nitrogens is 1. The molecule has 1 fully saturated rings. The van der Waals surface area contributed by atoms with Crippen molar-refractivity contribution in [2.24, 2.45) is 0 Å². The second-order valence-electron chi connectivity index (χ2n) is 8.45. The Morgan fingerprint density at radius 1 is 1.00 bits per heavy atom. The normalized spacial score (nSPS) is 16.4. The zero-order chi connectivity index (χ0) is 23.5. The first-order valence-corrected chi connectivity index (χ1v) is 11.5. The highest BCUT2D eigenvalue weighted by molar-refractivity contribution is 6.10. The number of ether oxygens (including phenoxy) is 1. The van der Waals surface area contributed by atoms with E-state index in [4.69, 9.17) is 4.74 Å². The zero-order valence-electron chi connectivity index (χ0n) is 19.1. The molecule has 2 aromatic carbocycles. The topological polar surface area (TPSA) is 81.7 Å². The molecule has 7 heteroatoms. The van der Waals surface area contributed by atoms with Crippen LogP contribution in [0.25, 0.3) is 10.9 Å². The fourth-order valence-corrected chi connectivity index (χ4v) is 4.83. The van der Waals surface area contributed by atoms with Gasteiger partial charge in [-0.2, -0.15) is 0 Å². The van der Waals surface area contributed by atoms with E-state index in [0.717, 1.165) is 35.4 Å². The van der Waals surface area contributed by atoms with Crippen molar-refractivity contribution in [2.75, 3.05) is 38.2 Å². The van der Waals surface area contributed by atoms with Gasteiger partial charge in [0.05, 0.1) is 13.2 Å². The van der Waals surface area contributed by atoms with Crippen molar-refractivity contribution in [1.29, 1.82) is 0 Å². The van der Waals surface area contributed by atoms with Crippen LogP contribution in [0, 0.1) is 0 Å². The Balaban J connectivity index is 1.46. The number of fused-ring (bicyclic) bond motifs is 1. The van der Waals surface area contributed by atoms with Crippen molar-refractivity contribution >= 4 is 22.5 Å². The number of benzene rings is 2. The third-order valence-corrected chi connectivity index (χ3v) is 6.56. The van der Waals surface area contributed by atoms with Gasteiger partial charge in [0.25, 0.3) is 0 Å². The maximum Gasteiger partial charge on any atom is 0.195 e. The van der Waals surface area contributed by atoms with Gasteiger partial charge in [-0.1, -0.05) is 42.5 Å². The molecule has 1 aliphatic rings. The average Bonchev–Trinajstić information content (AvgIpc) is 3.34. The Morgan fingerprint density at radius 3 is 2.50 bits per heavy atom. The molecular formula is C27H28N4O3. The van der Waals surface area contributed by atoms with Crippen molar-refractivity contribution in [1.82, 2.24) is 14.9 Å². The van der Waals surface area contributed by atoms with Crippen LogP contribution in [0.2, 0.25) is 0 Å². The Hall–Kier alpha value is -3.68. The van der Waals surface area contributed by atoms with Crippen LogP contribution in [0.5, 0.6) is 5.75 Å². The summed E-state index contributed by atoms with van der Waals surface area (Å²) in [6.45, 7) is 2.85. The smallest absolute Gasteiger partial charge is 0.195 e. The van der Waals surface area contributed by atoms with Gasteiger partial charge in [-0.15, -0.1) is 0 Å². The molecule has 2 aromatic heterocycles. The van der Waals surface area contributed by atoms with Crippen LogP contribution in [0.1, 0.15) is 22.0 Å². The molecule has 7 nitrogen and oxygen atoms in total. The molecule has 1 aliphatic heterocycles. The number of hydrogen-bond acceptors (Lipinski definition) is 6. The van der Waals surface area contributed by atoms with Crippen LogP contribution < -0.4 is 9.64 Å². The number of nitrogens with one attached hydrogen (secondary N) is 1. The number of carbonyl (C=O) groups excluding carboxylic acids is 1. The number of pyridine rings is 1. The average molecular weight is 457 g/mol. The second-order valence-corrected chi connectivity index (χ2v) is 8.45. The third-order valence-electron chi connectivity index (χ3n) is 6.56. The molecule has 3 heterocycles. The van der Waals surface area contributed by atoms with Gasteiger partial charge in [-0.3, -0.25) is 9.69 Å². The van der Waals surface area contributed by atoms with Crippen molar-refractivity contribution in [3.63, 3.8) is 0 Å². The maximum absolute atomic E-state index is 13.6. The Labute approximate surface area is 198 Å². The van der Waals surface area contributed by atoms with E-state index in [1.807, 2.05) is 66.7 Å². The van der Waals surface area contributed by atoms with Gasteiger partial charge in [0.15, 0.2) is 5.78 Å². The predicted octanol–water partition coefficient (Wildman–Crippen LogP) is 3.68. The molecule has 174 valence electrons. The zero-order valence-corrected chi connectivity index (χ0v) is 19.1. The minimum absolute atomic E-state index is 0.305. The van der Waals surface area contributed by atoms with Crippen LogP contribution in [0.4, 0.5) is 5.82 Å². The van der Waals surface area contributed by atoms with Gasteiger partial charge in [0.2, 0.25) is 0 Å². The van der Waals surface area contributed by atoms with Crippen LogP contribution >= 0.6 is 0 Å². The number of Topliss-reactive ketones (excluding diaryl/α,β-unsaturated/α-hetero) is 1. The van der Waals surface area contributed by atoms with Crippen LogP contribution in [0.3, 0.4) is 0 Å². The molecule has 0 unspecified atom stereocenters. The van der Waals surface area contributed by atoms with Crippen LogP contribution in [0.15, 0.2) is 79.1 Å². The summed E-state index contributed by atoms with van der Waals surface area (Å²) in [5, 5.41) is 12.3. The molecule has 5 rings (SSSR count). The molecule has 0 spiro atoms. The Bertz CT molecular complexity index is 1270. The number of rotatable bonds is 7. The number of para-hydroxylation sites is 2. The number of ketones is 1. The number of aliphatic hydroxyl groups is 1. The van der Waals surface area contributed by atoms with E-state index in [1.54, 1.807) is 19.5 Å². The third kappa shape index (κ3) is 4.16. The van der Waals surface area contributed by atoms with E-state index in [9.17, 15) is 9.90 Å². The molecule has 34 heavy (non-hydrogen) atoms. The molecule has 2 atom stereocenters. The van der Waals surface area contributed by atoms with E-state index < -0.39 is 12.1 Å². The first kappa shape index (κ1) is 22.1. The number of piperazine rings is 1. The number of aromatic nitrogens is 2. The Morgan fingerprint density at radius 2 is 1.74 bits per heavy atom. The molecule has 0 aliphatic carbocycles. The molecule has 0 amide bonds. The summed E-state index contributed by atoms with van der Waals surface area (Å²) in [7, 11) is 1.61. The van der Waals surface area contributed by atoms with Gasteiger partial charge in [0, 0.05) is 60.6 Å². The second kappa shape index (κ2) is 9.67. The van der Waals surface area contributed by atoms with E-state index in [2.05, 4.69) is 19.8 Å². The monoisotopic (exact) mass is 456 g/mol. The summed E-state index contributed by atoms with van der Waals surface area (Å²) in [6.07, 6.45) is 2.23. The van der Waals surface area contributed by atoms with E-state index in [-0.39, 0.29) is 5.78 Å². The minimum Gasteiger partial charge on any atom is -0.496 e. The summed E-state index contributed by atoms with van der Waals surface area (Å²) < 4.78 is 5.62. The van der Waals surface area contributed by atoms with Gasteiger partial charge in [0.1, 0.15) is 17.7 Å². The van der Waals surface area contributed by atoms with Gasteiger partial charge in [-0.25, -0.2) is 4.98 Å². The lowest BCUT2D eigenvalue weighted by atomic mass is 9.92. The van der Waals surface area contributed by atoms with Crippen molar-refractivity contribution in [3.8, 4) is 5.75 Å². The highest BCUT2D eigenvalue weighted by Crippen LogP contribution is 2.35. The number of hydrogen-bond donors (Lipinski definition) is 2. The summed E-state index contributed by atoms with van der Waals surface area (Å²) in [5.74, 6) is 1.29. The number of nitrogens with zero attached hydrogens (tertiary/aromatic N) is 3. The summed E-state index contributed by atoms with van der Waals surface area (Å²) in [6, 6.07) is 20.6. The molecule has 0 saturated carbocycles. The fraction of sp³-hybridized carbons (Fsp3) is 0.259. The minimum atomic E-state index is -1.25. The Kier molecular flexibility index (Phi) is 6.29. The first-order chi connectivity index (χ1) is 16.7. The predicted molar refractivity (Wildman–Crippen MR) is 132 cm³/mol. The molecule has 1 saturated heterocycles. The fourth-order valence-electron chi connectivity index (χ4n) is 4.83. The van der Waals surface area contributed by atoms with Crippen molar-refractivity contribution in [2.45, 2.75) is 12.1 Å². The molecule has 0 bridgehead atoms. The van der Waals surface area contributed by atoms with E-state index in [1.165, 1.54) is 0 Å². The highest BCUT2D eigenvalue weighted by Gasteiger charge is 2.37. The number of aliphatic hydroxyl groups excluding tert-OH is 1. The van der Waals surface area contributed by atoms with Gasteiger partial charge in [-0.05, 0) is 24.3 Å². The van der Waals surface area contributed by atoms with E-state index in [0.29, 0.717) is 24.4 Å². The lowest BCUT2D eigenvalue weighted by molar-refractivity contribution is 0.0358. The molecule has 2 N–H and O–H groups in total. The first-order valence-electron chi connectivity index (χ1n) is 11.5. The lowest BCUT2D eigenvalue weighted by Crippen LogP contribution is -2.51. The van der Waals surface area contributed by atoms with E-state index >= 15 is 0 Å². The maximum atomic E-state index is 13.6. The van der Waals surface area contributed by atoms with Gasteiger partial charge >= 0.3 is 0 Å². The molecule has 0 radical (unpaired) electrons. The SMILES string of the molecule is COc1ccccc1[C@H]([C@H](O)C(=O)c1c[nH]c2ccccc12)N1CCN(c2ccccn2)CC1. The summed E-state index contributed by atoms with van der Waals surface area (Å²) in [5.41, 5.74) is 2.17. The number of methoxy groups -OCH3 is 1.